The van der Waals surface area contributed by atoms with Crippen LogP contribution in [0.3, 0.4) is 0 Å². The van der Waals surface area contributed by atoms with Gasteiger partial charge in [0.2, 0.25) is 0 Å². The summed E-state index contributed by atoms with van der Waals surface area (Å²) in [6.45, 7) is 0.575. The maximum Gasteiger partial charge on any atom is 0.151 e. The summed E-state index contributed by atoms with van der Waals surface area (Å²) < 4.78 is 24.8. The minimum atomic E-state index is -2.83. The predicted molar refractivity (Wildman–Crippen MR) is 72.4 cm³/mol. The number of fused-ring (bicyclic) bond motifs is 1. The average Bonchev–Trinajstić information content (AvgIpc) is 2.88. The number of hydrogen-bond acceptors (Lipinski definition) is 5. The number of aromatic nitrogens is 3. The van der Waals surface area contributed by atoms with Crippen LogP contribution >= 0.6 is 0 Å². The lowest BCUT2D eigenvalue weighted by Gasteiger charge is -2.10. The highest BCUT2D eigenvalue weighted by Crippen LogP contribution is 2.15. The first-order valence-corrected chi connectivity index (χ1v) is 8.06. The lowest BCUT2D eigenvalue weighted by Crippen LogP contribution is -2.30. The topological polar surface area (TPSA) is 76.9 Å². The van der Waals surface area contributed by atoms with Gasteiger partial charge in [-0.2, -0.15) is 0 Å². The van der Waals surface area contributed by atoms with Gasteiger partial charge < -0.3 is 9.88 Å². The first kappa shape index (κ1) is 12.6. The Hall–Kier alpha value is -1.47. The molecule has 1 aliphatic rings. The van der Waals surface area contributed by atoms with Gasteiger partial charge in [-0.15, -0.1) is 0 Å². The summed E-state index contributed by atoms with van der Waals surface area (Å²) in [5.41, 5.74) is 1.90. The third kappa shape index (κ3) is 2.48. The van der Waals surface area contributed by atoms with Gasteiger partial charge in [-0.1, -0.05) is 0 Å². The van der Waals surface area contributed by atoms with Crippen LogP contribution in [-0.2, 0) is 23.4 Å². The van der Waals surface area contributed by atoms with E-state index < -0.39 is 9.84 Å². The van der Waals surface area contributed by atoms with E-state index in [1.807, 2.05) is 17.7 Å². The smallest absolute Gasteiger partial charge is 0.151 e. The molecule has 0 aliphatic carbocycles. The van der Waals surface area contributed by atoms with Crippen molar-refractivity contribution in [1.82, 2.24) is 19.9 Å². The van der Waals surface area contributed by atoms with E-state index in [-0.39, 0.29) is 17.5 Å². The van der Waals surface area contributed by atoms with Crippen LogP contribution in [0.25, 0.3) is 11.0 Å². The molecule has 0 radical (unpaired) electrons. The predicted octanol–water partition coefficient (Wildman–Crippen LogP) is 0.245. The Morgan fingerprint density at radius 2 is 2.37 bits per heavy atom. The summed E-state index contributed by atoms with van der Waals surface area (Å²) in [6, 6.07) is 1.92. The number of sulfone groups is 1. The zero-order valence-corrected chi connectivity index (χ0v) is 11.5. The molecule has 2 aromatic heterocycles. The molecular weight excluding hydrogens is 264 g/mol. The second-order valence-corrected chi connectivity index (χ2v) is 7.16. The van der Waals surface area contributed by atoms with Crippen molar-refractivity contribution in [2.24, 2.45) is 7.05 Å². The molecule has 1 fully saturated rings. The molecule has 3 rings (SSSR count). The Morgan fingerprint density at radius 3 is 3.05 bits per heavy atom. The second-order valence-electron chi connectivity index (χ2n) is 4.93. The molecule has 2 aromatic rings. The van der Waals surface area contributed by atoms with E-state index >= 15 is 0 Å². The fourth-order valence-corrected chi connectivity index (χ4v) is 4.14. The van der Waals surface area contributed by atoms with Crippen LogP contribution in [-0.4, -0.2) is 40.5 Å². The first-order valence-electron chi connectivity index (χ1n) is 6.24. The van der Waals surface area contributed by atoms with Gasteiger partial charge >= 0.3 is 0 Å². The Balaban J connectivity index is 1.74. The van der Waals surface area contributed by atoms with E-state index in [2.05, 4.69) is 15.3 Å². The van der Waals surface area contributed by atoms with Crippen molar-refractivity contribution in [2.75, 3.05) is 11.5 Å². The number of hydrogen-bond donors (Lipinski definition) is 1. The molecule has 6 nitrogen and oxygen atoms in total. The molecular formula is C12H16N4O2S. The molecule has 1 atom stereocenters. The largest absolute Gasteiger partial charge is 0.329 e. The monoisotopic (exact) mass is 280 g/mol. The first-order chi connectivity index (χ1) is 9.05. The average molecular weight is 280 g/mol. The molecule has 0 bridgehead atoms. The van der Waals surface area contributed by atoms with Gasteiger partial charge in [-0.25, -0.2) is 13.4 Å². The van der Waals surface area contributed by atoms with Gasteiger partial charge in [0.1, 0.15) is 5.82 Å². The van der Waals surface area contributed by atoms with Gasteiger partial charge in [0.15, 0.2) is 9.84 Å². The third-order valence-electron chi connectivity index (χ3n) is 3.56. The Bertz CT molecular complexity index is 708. The molecule has 1 saturated heterocycles. The van der Waals surface area contributed by atoms with Crippen LogP contribution in [0.5, 0.6) is 0 Å². The van der Waals surface area contributed by atoms with Gasteiger partial charge in [0, 0.05) is 19.3 Å². The maximum atomic E-state index is 11.4. The quantitative estimate of drug-likeness (QED) is 0.872. The number of aryl methyl sites for hydroxylation is 1. The molecule has 3 heterocycles. The normalized spacial score (nSPS) is 22.1. The van der Waals surface area contributed by atoms with E-state index in [1.54, 1.807) is 12.4 Å². The fourth-order valence-electron chi connectivity index (χ4n) is 2.43. The van der Waals surface area contributed by atoms with Crippen LogP contribution < -0.4 is 5.32 Å². The summed E-state index contributed by atoms with van der Waals surface area (Å²) in [5.74, 6) is 1.42. The zero-order valence-electron chi connectivity index (χ0n) is 10.7. The molecule has 7 heteroatoms. The van der Waals surface area contributed by atoms with Gasteiger partial charge in [-0.05, 0) is 12.5 Å². The third-order valence-corrected chi connectivity index (χ3v) is 5.32. The van der Waals surface area contributed by atoms with E-state index in [0.717, 1.165) is 16.9 Å². The Kier molecular flexibility index (Phi) is 3.02. The standard InChI is InChI=1S/C12H16N4O2S/c1-16-11-6-13-4-2-10(11)15-12(16)7-14-9-3-5-19(17,18)8-9/h2,4,6,9,14H,3,5,7-8H2,1H3. The van der Waals surface area contributed by atoms with Gasteiger partial charge in [-0.3, -0.25) is 4.98 Å². The number of rotatable bonds is 3. The zero-order chi connectivity index (χ0) is 13.5. The lowest BCUT2D eigenvalue weighted by atomic mass is 10.2. The SMILES string of the molecule is Cn1c(CNC2CCS(=O)(=O)C2)nc2ccncc21. The number of nitrogens with zero attached hydrogens (tertiary/aromatic N) is 3. The Labute approximate surface area is 111 Å². The van der Waals surface area contributed by atoms with Crippen LogP contribution in [0, 0.1) is 0 Å². The molecule has 0 saturated carbocycles. The van der Waals surface area contributed by atoms with Crippen molar-refractivity contribution in [1.29, 1.82) is 0 Å². The van der Waals surface area contributed by atoms with E-state index in [9.17, 15) is 8.42 Å². The fraction of sp³-hybridized carbons (Fsp3) is 0.500. The van der Waals surface area contributed by atoms with Crippen molar-refractivity contribution >= 4 is 20.9 Å². The van der Waals surface area contributed by atoms with E-state index in [4.69, 9.17) is 0 Å². The number of pyridine rings is 1. The van der Waals surface area contributed by atoms with Crippen molar-refractivity contribution < 1.29 is 8.42 Å². The summed E-state index contributed by atoms with van der Waals surface area (Å²) in [6.07, 6.45) is 4.19. The molecule has 0 amide bonds. The lowest BCUT2D eigenvalue weighted by molar-refractivity contribution is 0.535. The molecule has 1 N–H and O–H groups in total. The van der Waals surface area contributed by atoms with Crippen LogP contribution in [0.4, 0.5) is 0 Å². The van der Waals surface area contributed by atoms with E-state index in [0.29, 0.717) is 13.0 Å². The summed E-state index contributed by atoms with van der Waals surface area (Å²) >= 11 is 0. The minimum absolute atomic E-state index is 0.0444. The molecule has 0 spiro atoms. The summed E-state index contributed by atoms with van der Waals surface area (Å²) in [5, 5.41) is 3.27. The van der Waals surface area contributed by atoms with Crippen molar-refractivity contribution in [2.45, 2.75) is 19.0 Å². The van der Waals surface area contributed by atoms with Crippen molar-refractivity contribution in [3.63, 3.8) is 0 Å². The highest BCUT2D eigenvalue weighted by Gasteiger charge is 2.27. The highest BCUT2D eigenvalue weighted by atomic mass is 32.2. The van der Waals surface area contributed by atoms with Crippen LogP contribution in [0.2, 0.25) is 0 Å². The van der Waals surface area contributed by atoms with Crippen molar-refractivity contribution in [3.05, 3.63) is 24.3 Å². The molecule has 19 heavy (non-hydrogen) atoms. The minimum Gasteiger partial charge on any atom is -0.329 e. The maximum absolute atomic E-state index is 11.4. The van der Waals surface area contributed by atoms with Crippen LogP contribution in [0.1, 0.15) is 12.2 Å². The van der Waals surface area contributed by atoms with Crippen LogP contribution in [0.15, 0.2) is 18.5 Å². The highest BCUT2D eigenvalue weighted by molar-refractivity contribution is 7.91. The van der Waals surface area contributed by atoms with Crippen molar-refractivity contribution in [3.8, 4) is 0 Å². The number of nitrogens with one attached hydrogen (secondary N) is 1. The van der Waals surface area contributed by atoms with E-state index in [1.165, 1.54) is 0 Å². The molecule has 102 valence electrons. The molecule has 1 unspecified atom stereocenters. The number of imidazole rings is 1. The summed E-state index contributed by atoms with van der Waals surface area (Å²) in [7, 11) is -0.890. The van der Waals surface area contributed by atoms with Gasteiger partial charge in [0.25, 0.3) is 0 Å². The van der Waals surface area contributed by atoms with Gasteiger partial charge in [0.05, 0.1) is 35.3 Å². The Morgan fingerprint density at radius 1 is 1.53 bits per heavy atom. The molecule has 0 aromatic carbocycles. The summed E-state index contributed by atoms with van der Waals surface area (Å²) in [4.78, 5) is 8.60. The molecule has 1 aliphatic heterocycles. The second kappa shape index (κ2) is 4.57.